The predicted octanol–water partition coefficient (Wildman–Crippen LogP) is 6.13. The summed E-state index contributed by atoms with van der Waals surface area (Å²) in [6.45, 7) is 14.3. The molecule has 0 aliphatic heterocycles. The van der Waals surface area contributed by atoms with Crippen molar-refractivity contribution < 1.29 is 9.47 Å². The lowest BCUT2D eigenvalue weighted by Gasteiger charge is -2.17. The van der Waals surface area contributed by atoms with E-state index >= 15 is 0 Å². The third-order valence-corrected chi connectivity index (χ3v) is 5.42. The summed E-state index contributed by atoms with van der Waals surface area (Å²) in [7, 11) is 3.24. The summed E-state index contributed by atoms with van der Waals surface area (Å²) >= 11 is 0. The van der Waals surface area contributed by atoms with Gasteiger partial charge >= 0.3 is 5.69 Å². The minimum Gasteiger partial charge on any atom is -0.496 e. The normalized spacial score (nSPS) is 11.2. The third-order valence-electron chi connectivity index (χ3n) is 5.42. The number of nitrogens with one attached hydrogen (secondary N) is 1. The number of aromatic nitrogens is 3. The molecule has 3 aromatic rings. The monoisotopic (exact) mass is 437 g/mol. The second-order valence-electron chi connectivity index (χ2n) is 7.61. The lowest BCUT2D eigenvalue weighted by molar-refractivity contribution is 0.390. The average Bonchev–Trinajstić information content (AvgIpc) is 3.20. The Bertz CT molecular complexity index is 1150. The molecular formula is C26H35N3O3. The van der Waals surface area contributed by atoms with E-state index in [1.165, 1.54) is 0 Å². The van der Waals surface area contributed by atoms with Crippen LogP contribution in [0.2, 0.25) is 0 Å². The van der Waals surface area contributed by atoms with Gasteiger partial charge in [-0.05, 0) is 67.2 Å². The van der Waals surface area contributed by atoms with Gasteiger partial charge in [0, 0.05) is 6.07 Å². The number of aromatic amines is 1. The molecule has 3 rings (SSSR count). The fraction of sp³-hybridized carbons (Fsp3) is 0.385. The Morgan fingerprint density at radius 3 is 2.31 bits per heavy atom. The van der Waals surface area contributed by atoms with Crippen molar-refractivity contribution in [1.82, 2.24) is 14.8 Å². The Balaban J connectivity index is 0.00000176. The molecule has 0 atom stereocenters. The van der Waals surface area contributed by atoms with Crippen LogP contribution in [0.5, 0.6) is 11.5 Å². The van der Waals surface area contributed by atoms with E-state index in [2.05, 4.69) is 44.0 Å². The van der Waals surface area contributed by atoms with E-state index in [0.717, 1.165) is 39.3 Å². The largest absolute Gasteiger partial charge is 0.496 e. The van der Waals surface area contributed by atoms with E-state index in [4.69, 9.17) is 9.47 Å². The Kier molecular flexibility index (Phi) is 8.47. The Hall–Kier alpha value is -3.28. The first-order chi connectivity index (χ1) is 15.3. The van der Waals surface area contributed by atoms with Gasteiger partial charge in [-0.2, -0.15) is 5.10 Å². The van der Waals surface area contributed by atoms with Gasteiger partial charge in [-0.3, -0.25) is 0 Å². The summed E-state index contributed by atoms with van der Waals surface area (Å²) in [5, 5.41) is 6.93. The van der Waals surface area contributed by atoms with E-state index in [-0.39, 0.29) is 11.6 Å². The van der Waals surface area contributed by atoms with E-state index in [1.807, 2.05) is 51.1 Å². The smallest absolute Gasteiger partial charge is 0.348 e. The standard InChI is InChI=1S/C24H29N3O3.C2H6/c1-8-15(4)19-11-17(10-9-16(19)5)27-23(25-26-24(27)28)20-12-18(14(2)3)21(29-6)13-22(20)30-7;1-2/h8-14H,1-7H3,(H,26,28);1-2H3/b15-8-;. The Morgan fingerprint density at radius 1 is 1.09 bits per heavy atom. The van der Waals surface area contributed by atoms with Crippen molar-refractivity contribution in [2.24, 2.45) is 0 Å². The first kappa shape index (κ1) is 25.0. The molecule has 0 aliphatic rings. The summed E-state index contributed by atoms with van der Waals surface area (Å²) in [5.74, 6) is 2.06. The molecule has 6 heteroatoms. The number of ether oxygens (including phenoxy) is 2. The molecular weight excluding hydrogens is 402 g/mol. The highest BCUT2D eigenvalue weighted by molar-refractivity contribution is 5.72. The second kappa shape index (κ2) is 10.8. The number of allylic oxidation sites excluding steroid dienone is 2. The van der Waals surface area contributed by atoms with Crippen LogP contribution in [0.15, 0.2) is 41.2 Å². The minimum absolute atomic E-state index is 0.229. The molecule has 2 aromatic carbocycles. The molecule has 6 nitrogen and oxygen atoms in total. The number of benzene rings is 2. The molecule has 1 aromatic heterocycles. The molecule has 0 radical (unpaired) electrons. The number of rotatable bonds is 6. The SMILES string of the molecule is C/C=C(/C)c1cc(-n2c(-c3cc(C(C)C)c(OC)cc3OC)n[nH]c2=O)ccc1C.CC. The zero-order valence-electron chi connectivity index (χ0n) is 20.7. The Morgan fingerprint density at radius 2 is 1.75 bits per heavy atom. The quantitative estimate of drug-likeness (QED) is 0.504. The number of hydrogen-bond acceptors (Lipinski definition) is 4. The van der Waals surface area contributed by atoms with Crippen LogP contribution in [0.4, 0.5) is 0 Å². The molecule has 0 saturated carbocycles. The van der Waals surface area contributed by atoms with Crippen LogP contribution in [0.25, 0.3) is 22.6 Å². The molecule has 0 spiro atoms. The second-order valence-corrected chi connectivity index (χ2v) is 7.61. The van der Waals surface area contributed by atoms with Gasteiger partial charge in [-0.1, -0.05) is 39.8 Å². The van der Waals surface area contributed by atoms with Crippen LogP contribution in [0.1, 0.15) is 64.2 Å². The fourth-order valence-electron chi connectivity index (χ4n) is 3.60. The third kappa shape index (κ3) is 4.79. The molecule has 1 heterocycles. The average molecular weight is 438 g/mol. The lowest BCUT2D eigenvalue weighted by Crippen LogP contribution is -2.16. The summed E-state index contributed by atoms with van der Waals surface area (Å²) in [6, 6.07) is 9.80. The van der Waals surface area contributed by atoms with Gasteiger partial charge < -0.3 is 9.47 Å². The predicted molar refractivity (Wildman–Crippen MR) is 132 cm³/mol. The van der Waals surface area contributed by atoms with Gasteiger partial charge in [-0.15, -0.1) is 0 Å². The van der Waals surface area contributed by atoms with Crippen LogP contribution in [-0.2, 0) is 0 Å². The van der Waals surface area contributed by atoms with Crippen LogP contribution in [0, 0.1) is 6.92 Å². The number of hydrogen-bond donors (Lipinski definition) is 1. The summed E-state index contributed by atoms with van der Waals surface area (Å²) < 4.78 is 12.7. The van der Waals surface area contributed by atoms with Crippen molar-refractivity contribution in [1.29, 1.82) is 0 Å². The van der Waals surface area contributed by atoms with Gasteiger partial charge in [0.15, 0.2) is 5.82 Å². The van der Waals surface area contributed by atoms with Gasteiger partial charge in [0.05, 0.1) is 25.5 Å². The van der Waals surface area contributed by atoms with Crippen molar-refractivity contribution >= 4 is 5.57 Å². The molecule has 0 amide bonds. The molecule has 0 bridgehead atoms. The van der Waals surface area contributed by atoms with Crippen LogP contribution < -0.4 is 15.2 Å². The van der Waals surface area contributed by atoms with Crippen molar-refractivity contribution in [3.8, 4) is 28.6 Å². The Labute approximate surface area is 190 Å². The highest BCUT2D eigenvalue weighted by Gasteiger charge is 2.21. The number of aryl methyl sites for hydroxylation is 1. The molecule has 0 fully saturated rings. The topological polar surface area (TPSA) is 69.1 Å². The summed E-state index contributed by atoms with van der Waals surface area (Å²) in [6.07, 6.45) is 2.06. The van der Waals surface area contributed by atoms with Gasteiger partial charge in [0.2, 0.25) is 0 Å². The van der Waals surface area contributed by atoms with Crippen molar-refractivity contribution in [3.05, 3.63) is 63.6 Å². The highest BCUT2D eigenvalue weighted by Crippen LogP contribution is 2.38. The van der Waals surface area contributed by atoms with E-state index in [1.54, 1.807) is 18.8 Å². The van der Waals surface area contributed by atoms with Crippen LogP contribution in [-0.4, -0.2) is 29.0 Å². The maximum atomic E-state index is 12.8. The molecule has 0 saturated heterocycles. The van der Waals surface area contributed by atoms with Crippen molar-refractivity contribution in [2.75, 3.05) is 14.2 Å². The van der Waals surface area contributed by atoms with Gasteiger partial charge in [-0.25, -0.2) is 14.5 Å². The van der Waals surface area contributed by atoms with E-state index < -0.39 is 0 Å². The molecule has 1 N–H and O–H groups in total. The number of H-pyrrole nitrogens is 1. The number of methoxy groups -OCH3 is 2. The summed E-state index contributed by atoms with van der Waals surface area (Å²) in [4.78, 5) is 12.8. The van der Waals surface area contributed by atoms with E-state index in [9.17, 15) is 4.79 Å². The number of nitrogens with zero attached hydrogens (tertiary/aromatic N) is 2. The minimum atomic E-state index is -0.304. The van der Waals surface area contributed by atoms with Gasteiger partial charge in [0.25, 0.3) is 0 Å². The van der Waals surface area contributed by atoms with E-state index in [0.29, 0.717) is 11.6 Å². The van der Waals surface area contributed by atoms with Crippen molar-refractivity contribution in [2.45, 2.75) is 54.4 Å². The summed E-state index contributed by atoms with van der Waals surface area (Å²) in [5.41, 5.74) is 5.58. The van der Waals surface area contributed by atoms with Gasteiger partial charge in [0.1, 0.15) is 11.5 Å². The maximum absolute atomic E-state index is 12.8. The first-order valence-electron chi connectivity index (χ1n) is 11.0. The van der Waals surface area contributed by atoms with Crippen LogP contribution >= 0.6 is 0 Å². The molecule has 32 heavy (non-hydrogen) atoms. The maximum Gasteiger partial charge on any atom is 0.348 e. The van der Waals surface area contributed by atoms with Crippen LogP contribution in [0.3, 0.4) is 0 Å². The fourth-order valence-corrected chi connectivity index (χ4v) is 3.60. The molecule has 172 valence electrons. The van der Waals surface area contributed by atoms with Crippen molar-refractivity contribution in [3.63, 3.8) is 0 Å². The zero-order chi connectivity index (χ0) is 24.0. The first-order valence-corrected chi connectivity index (χ1v) is 11.0. The lowest BCUT2D eigenvalue weighted by atomic mass is 9.98. The highest BCUT2D eigenvalue weighted by atomic mass is 16.5. The molecule has 0 unspecified atom stereocenters. The zero-order valence-corrected chi connectivity index (χ0v) is 20.7. The molecule has 0 aliphatic carbocycles.